The van der Waals surface area contributed by atoms with Gasteiger partial charge in [-0.3, -0.25) is 0 Å². The van der Waals surface area contributed by atoms with Crippen LogP contribution in [0.1, 0.15) is 0 Å². The Morgan fingerprint density at radius 1 is 0.947 bits per heavy atom. The van der Waals surface area contributed by atoms with Gasteiger partial charge in [0.25, 0.3) is 0 Å². The van der Waals surface area contributed by atoms with Gasteiger partial charge in [0.15, 0.2) is 11.5 Å². The van der Waals surface area contributed by atoms with Crippen molar-refractivity contribution in [1.82, 2.24) is 0 Å². The minimum atomic E-state index is -1.85. The third kappa shape index (κ3) is 5.00. The van der Waals surface area contributed by atoms with Crippen molar-refractivity contribution in [3.8, 4) is 45.8 Å². The number of carboxylic acid groups (broad SMARTS) is 1. The molecule has 0 radical (unpaired) electrons. The SMILES string of the molecule is COc1cc(-c2[o+]c3cc(O)cc(O)c3cc2O[C@@H]2O[C@H](COC(=O)C(=O)O)[C@H](O)[C@H]2O)cc(OC)c1O. The average Bonchev–Trinajstić information content (AvgIpc) is 3.15. The van der Waals surface area contributed by atoms with Crippen LogP contribution < -0.4 is 14.2 Å². The van der Waals surface area contributed by atoms with Gasteiger partial charge in [-0.05, 0) is 0 Å². The van der Waals surface area contributed by atoms with Crippen LogP contribution in [0.2, 0.25) is 0 Å². The molecule has 2 heterocycles. The molecule has 202 valence electrons. The maximum absolute atomic E-state index is 11.2. The minimum Gasteiger partial charge on any atom is -0.507 e. The first-order chi connectivity index (χ1) is 18.0. The second-order valence-electron chi connectivity index (χ2n) is 8.09. The number of ether oxygens (including phenoxy) is 5. The van der Waals surface area contributed by atoms with Gasteiger partial charge in [-0.1, -0.05) is 0 Å². The van der Waals surface area contributed by atoms with Crippen LogP contribution in [0.5, 0.6) is 34.5 Å². The van der Waals surface area contributed by atoms with Crippen molar-refractivity contribution in [2.75, 3.05) is 20.8 Å². The maximum atomic E-state index is 11.2. The molecule has 1 fully saturated rings. The molecule has 3 aromatic rings. The summed E-state index contributed by atoms with van der Waals surface area (Å²) in [5.41, 5.74) is 0.262. The number of hydrogen-bond donors (Lipinski definition) is 6. The molecule has 4 atom stereocenters. The van der Waals surface area contributed by atoms with Crippen LogP contribution in [-0.2, 0) is 19.1 Å². The molecule has 14 nitrogen and oxygen atoms in total. The van der Waals surface area contributed by atoms with Crippen molar-refractivity contribution in [3.05, 3.63) is 30.3 Å². The van der Waals surface area contributed by atoms with Gasteiger partial charge >= 0.3 is 23.3 Å². The molecule has 38 heavy (non-hydrogen) atoms. The van der Waals surface area contributed by atoms with Gasteiger partial charge in [-0.15, -0.1) is 0 Å². The molecule has 0 unspecified atom stereocenters. The molecule has 0 spiro atoms. The summed E-state index contributed by atoms with van der Waals surface area (Å²) in [5, 5.41) is 60.1. The molecule has 4 rings (SSSR count). The number of fused-ring (bicyclic) bond motifs is 1. The Morgan fingerprint density at radius 3 is 2.21 bits per heavy atom. The first kappa shape index (κ1) is 26.5. The maximum Gasteiger partial charge on any atom is 0.417 e. The van der Waals surface area contributed by atoms with Crippen LogP contribution in [-0.4, -0.2) is 88.0 Å². The number of benzene rings is 2. The third-order valence-corrected chi connectivity index (χ3v) is 5.67. The fourth-order valence-corrected chi connectivity index (χ4v) is 3.79. The van der Waals surface area contributed by atoms with Gasteiger partial charge in [0.1, 0.15) is 41.8 Å². The zero-order valence-electron chi connectivity index (χ0n) is 19.9. The lowest BCUT2D eigenvalue weighted by Crippen LogP contribution is -2.36. The third-order valence-electron chi connectivity index (χ3n) is 5.67. The quantitative estimate of drug-likeness (QED) is 0.141. The second-order valence-corrected chi connectivity index (χ2v) is 8.09. The van der Waals surface area contributed by atoms with E-state index in [-0.39, 0.29) is 56.8 Å². The smallest absolute Gasteiger partial charge is 0.417 e. The Bertz CT molecular complexity index is 1360. The normalized spacial score (nSPS) is 20.7. The molecule has 1 aliphatic heterocycles. The summed E-state index contributed by atoms with van der Waals surface area (Å²) in [4.78, 5) is 21.9. The summed E-state index contributed by atoms with van der Waals surface area (Å²) in [6.45, 7) is -0.690. The summed E-state index contributed by atoms with van der Waals surface area (Å²) < 4.78 is 32.1. The number of methoxy groups -OCH3 is 2. The highest BCUT2D eigenvalue weighted by atomic mass is 16.7. The summed E-state index contributed by atoms with van der Waals surface area (Å²) in [6.07, 6.45) is -6.20. The molecule has 1 aliphatic rings. The molecule has 0 saturated carbocycles. The van der Waals surface area contributed by atoms with Gasteiger partial charge < -0.3 is 54.3 Å². The van der Waals surface area contributed by atoms with Crippen LogP contribution in [0.4, 0.5) is 0 Å². The van der Waals surface area contributed by atoms with Gasteiger partial charge in [-0.2, -0.15) is 0 Å². The van der Waals surface area contributed by atoms with Crippen molar-refractivity contribution in [3.63, 3.8) is 0 Å². The zero-order valence-corrected chi connectivity index (χ0v) is 19.9. The summed E-state index contributed by atoms with van der Waals surface area (Å²) in [6, 6.07) is 6.37. The van der Waals surface area contributed by atoms with Crippen molar-refractivity contribution in [1.29, 1.82) is 0 Å². The van der Waals surface area contributed by atoms with E-state index >= 15 is 0 Å². The minimum absolute atomic E-state index is 0.00670. The van der Waals surface area contributed by atoms with Gasteiger partial charge in [0, 0.05) is 24.3 Å². The Morgan fingerprint density at radius 2 is 1.61 bits per heavy atom. The Labute approximate surface area is 213 Å². The van der Waals surface area contributed by atoms with Crippen LogP contribution in [0.25, 0.3) is 22.3 Å². The Balaban J connectivity index is 1.76. The molecular weight excluding hydrogens is 512 g/mol. The number of aromatic hydroxyl groups is 3. The van der Waals surface area contributed by atoms with E-state index in [9.17, 15) is 35.1 Å². The highest BCUT2D eigenvalue weighted by Crippen LogP contribution is 2.45. The number of phenolic OH excluding ortho intramolecular Hbond substituents is 3. The summed E-state index contributed by atoms with van der Waals surface area (Å²) >= 11 is 0. The Hall–Kier alpha value is -4.53. The van der Waals surface area contributed by atoms with E-state index in [0.29, 0.717) is 0 Å². The molecule has 2 aromatic carbocycles. The predicted octanol–water partition coefficient (Wildman–Crippen LogP) is 0.968. The van der Waals surface area contributed by atoms with Crippen LogP contribution in [0, 0.1) is 0 Å². The fourth-order valence-electron chi connectivity index (χ4n) is 3.79. The lowest BCUT2D eigenvalue weighted by molar-refractivity contribution is -0.169. The molecule has 1 saturated heterocycles. The zero-order chi connectivity index (χ0) is 27.7. The van der Waals surface area contributed by atoms with Crippen LogP contribution in [0.15, 0.2) is 34.7 Å². The van der Waals surface area contributed by atoms with Crippen LogP contribution in [0.3, 0.4) is 0 Å². The van der Waals surface area contributed by atoms with Crippen molar-refractivity contribution < 1.29 is 68.3 Å². The molecule has 0 aliphatic carbocycles. The van der Waals surface area contributed by atoms with E-state index in [1.54, 1.807) is 0 Å². The number of carbonyl (C=O) groups excluding carboxylic acids is 1. The van der Waals surface area contributed by atoms with E-state index in [1.807, 2.05) is 0 Å². The van der Waals surface area contributed by atoms with Crippen molar-refractivity contribution in [2.24, 2.45) is 0 Å². The Kier molecular flexibility index (Phi) is 7.30. The topological polar surface area (TPSA) is 213 Å². The first-order valence-electron chi connectivity index (χ1n) is 10.9. The second kappa shape index (κ2) is 10.5. The molecule has 1 aromatic heterocycles. The van der Waals surface area contributed by atoms with Gasteiger partial charge in [0.2, 0.25) is 17.8 Å². The van der Waals surface area contributed by atoms with Gasteiger partial charge in [-0.25, -0.2) is 14.0 Å². The number of aliphatic carboxylic acids is 1. The monoisotopic (exact) mass is 535 g/mol. The van der Waals surface area contributed by atoms with Crippen LogP contribution >= 0.6 is 0 Å². The molecule has 0 bridgehead atoms. The lowest BCUT2D eigenvalue weighted by Gasteiger charge is -2.17. The first-order valence-corrected chi connectivity index (χ1v) is 10.9. The fraction of sp³-hybridized carbons (Fsp3) is 0.292. The summed E-state index contributed by atoms with van der Waals surface area (Å²) in [5.74, 6) is -4.56. The van der Waals surface area contributed by atoms with E-state index < -0.39 is 43.1 Å². The number of aliphatic hydroxyl groups is 2. The molecule has 0 amide bonds. The number of hydrogen-bond acceptors (Lipinski definition) is 12. The highest BCUT2D eigenvalue weighted by molar-refractivity contribution is 6.28. The number of carboxylic acids is 1. The van der Waals surface area contributed by atoms with E-state index in [0.717, 1.165) is 6.07 Å². The number of rotatable bonds is 7. The lowest BCUT2D eigenvalue weighted by atomic mass is 10.1. The van der Waals surface area contributed by atoms with Crippen molar-refractivity contribution in [2.45, 2.75) is 24.6 Å². The summed E-state index contributed by atoms with van der Waals surface area (Å²) in [7, 11) is 2.62. The van der Waals surface area contributed by atoms with Gasteiger partial charge in [0.05, 0.1) is 25.8 Å². The molecule has 6 N–H and O–H groups in total. The average molecular weight is 535 g/mol. The van der Waals surface area contributed by atoms with Crippen molar-refractivity contribution >= 4 is 22.9 Å². The number of phenols is 3. The number of esters is 1. The molecule has 14 heteroatoms. The predicted molar refractivity (Wildman–Crippen MR) is 124 cm³/mol. The largest absolute Gasteiger partial charge is 0.507 e. The highest BCUT2D eigenvalue weighted by Gasteiger charge is 2.46. The standard InChI is InChI=1S/C24H22O14/c1-33-14-3-9(4-15(34-2)18(14)27)21-16(7-11-12(26)5-10(25)6-13(11)36-21)37-24-20(29)19(28)17(38-24)8-35-23(32)22(30)31/h3-7,17,19-20,24,28-29H,8H2,1-2H3,(H3-,25,26,27,30,31)/p+1/t17-,19+,20-,24-/m1/s1. The van der Waals surface area contributed by atoms with E-state index in [2.05, 4.69) is 4.74 Å². The number of aliphatic hydroxyl groups excluding tert-OH is 2. The van der Waals surface area contributed by atoms with E-state index in [4.69, 9.17) is 28.5 Å². The number of carbonyl (C=O) groups is 2. The molecular formula is C24H23O14+. The van der Waals surface area contributed by atoms with E-state index in [1.165, 1.54) is 38.5 Å².